The van der Waals surface area contributed by atoms with Gasteiger partial charge < -0.3 is 10.1 Å². The van der Waals surface area contributed by atoms with Crippen molar-refractivity contribution in [2.75, 3.05) is 19.7 Å². The van der Waals surface area contributed by atoms with E-state index in [0.717, 1.165) is 38.8 Å². The summed E-state index contributed by atoms with van der Waals surface area (Å²) in [6, 6.07) is 9.77. The van der Waals surface area contributed by atoms with Crippen LogP contribution in [0.4, 0.5) is 0 Å². The summed E-state index contributed by atoms with van der Waals surface area (Å²) in [5.41, 5.74) is 2.81. The molecule has 1 saturated carbocycles. The zero-order valence-electron chi connectivity index (χ0n) is 12.7. The van der Waals surface area contributed by atoms with Gasteiger partial charge in [-0.25, -0.2) is 0 Å². The number of hydrogen-bond acceptors (Lipinski definition) is 3. The predicted octanol–water partition coefficient (Wildman–Crippen LogP) is 2.55. The van der Waals surface area contributed by atoms with Gasteiger partial charge in [-0.3, -0.25) is 4.90 Å². The van der Waals surface area contributed by atoms with Gasteiger partial charge in [0.15, 0.2) is 0 Å². The van der Waals surface area contributed by atoms with Gasteiger partial charge in [-0.1, -0.05) is 24.3 Å². The second kappa shape index (κ2) is 5.84. The fraction of sp³-hybridized carbons (Fsp3) is 0.647. The summed E-state index contributed by atoms with van der Waals surface area (Å²) in [7, 11) is 0. The Morgan fingerprint density at radius 1 is 1.30 bits per heavy atom. The molecule has 0 atom stereocenters. The molecule has 3 rings (SSSR count). The van der Waals surface area contributed by atoms with Crippen LogP contribution in [-0.2, 0) is 17.8 Å². The van der Waals surface area contributed by atoms with Crippen LogP contribution in [0, 0.1) is 0 Å². The second-order valence-corrected chi connectivity index (χ2v) is 6.79. The van der Waals surface area contributed by atoms with Gasteiger partial charge in [0.1, 0.15) is 0 Å². The Morgan fingerprint density at radius 3 is 2.85 bits per heavy atom. The van der Waals surface area contributed by atoms with Crippen molar-refractivity contribution < 1.29 is 4.74 Å². The van der Waals surface area contributed by atoms with E-state index in [-0.39, 0.29) is 5.60 Å². The molecule has 1 N–H and O–H groups in total. The van der Waals surface area contributed by atoms with Crippen LogP contribution in [0.3, 0.4) is 0 Å². The molecule has 110 valence electrons. The minimum atomic E-state index is -0.0105. The molecule has 20 heavy (non-hydrogen) atoms. The lowest BCUT2D eigenvalue weighted by Gasteiger charge is -2.38. The molecule has 1 aromatic rings. The van der Waals surface area contributed by atoms with Crippen molar-refractivity contribution >= 4 is 0 Å². The van der Waals surface area contributed by atoms with Gasteiger partial charge in [0.05, 0.1) is 12.2 Å². The van der Waals surface area contributed by atoms with Crippen molar-refractivity contribution in [2.24, 2.45) is 0 Å². The standard InChI is InChI=1S/C17H26N2O/c1-17(2)13-19(8-9-20-17)12-15-5-3-4-14(10-15)11-18-16-6-7-16/h3-5,10,16,18H,6-9,11-13H2,1-2H3. The highest BCUT2D eigenvalue weighted by atomic mass is 16.5. The summed E-state index contributed by atoms with van der Waals surface area (Å²) >= 11 is 0. The Balaban J connectivity index is 1.57. The van der Waals surface area contributed by atoms with E-state index in [1.165, 1.54) is 24.0 Å². The van der Waals surface area contributed by atoms with Gasteiger partial charge in [0.2, 0.25) is 0 Å². The van der Waals surface area contributed by atoms with Crippen molar-refractivity contribution in [3.8, 4) is 0 Å². The molecule has 0 radical (unpaired) electrons. The lowest BCUT2D eigenvalue weighted by Crippen LogP contribution is -2.47. The summed E-state index contributed by atoms with van der Waals surface area (Å²) in [5.74, 6) is 0. The topological polar surface area (TPSA) is 24.5 Å². The van der Waals surface area contributed by atoms with E-state index in [1.54, 1.807) is 0 Å². The first-order chi connectivity index (χ1) is 9.61. The summed E-state index contributed by atoms with van der Waals surface area (Å²) < 4.78 is 5.78. The molecular weight excluding hydrogens is 248 g/mol. The van der Waals surface area contributed by atoms with Crippen LogP contribution in [0.25, 0.3) is 0 Å². The quantitative estimate of drug-likeness (QED) is 0.893. The number of nitrogens with zero attached hydrogens (tertiary/aromatic N) is 1. The molecule has 3 heteroatoms. The van der Waals surface area contributed by atoms with Crippen molar-refractivity contribution in [3.63, 3.8) is 0 Å². The van der Waals surface area contributed by atoms with Crippen LogP contribution in [0.15, 0.2) is 24.3 Å². The Morgan fingerprint density at radius 2 is 2.10 bits per heavy atom. The van der Waals surface area contributed by atoms with Crippen molar-refractivity contribution in [1.29, 1.82) is 0 Å². The SMILES string of the molecule is CC1(C)CN(Cc2cccc(CNC3CC3)c2)CCO1. The molecule has 1 aliphatic heterocycles. The molecular formula is C17H26N2O. The molecule has 0 bridgehead atoms. The van der Waals surface area contributed by atoms with E-state index >= 15 is 0 Å². The van der Waals surface area contributed by atoms with Crippen LogP contribution < -0.4 is 5.32 Å². The largest absolute Gasteiger partial charge is 0.373 e. The predicted molar refractivity (Wildman–Crippen MR) is 81.6 cm³/mol. The molecule has 0 amide bonds. The Labute approximate surface area is 122 Å². The Hall–Kier alpha value is -0.900. The van der Waals surface area contributed by atoms with Crippen LogP contribution >= 0.6 is 0 Å². The van der Waals surface area contributed by atoms with Crippen molar-refractivity contribution in [1.82, 2.24) is 10.2 Å². The maximum Gasteiger partial charge on any atom is 0.0753 e. The molecule has 2 fully saturated rings. The van der Waals surface area contributed by atoms with Crippen molar-refractivity contribution in [2.45, 2.75) is 51.4 Å². The van der Waals surface area contributed by atoms with E-state index in [1.807, 2.05) is 0 Å². The molecule has 3 nitrogen and oxygen atoms in total. The maximum atomic E-state index is 5.78. The summed E-state index contributed by atoms with van der Waals surface area (Å²) in [6.45, 7) is 9.28. The first-order valence-electron chi connectivity index (χ1n) is 7.78. The number of nitrogens with one attached hydrogen (secondary N) is 1. The fourth-order valence-electron chi connectivity index (χ4n) is 2.90. The van der Waals surface area contributed by atoms with Gasteiger partial charge in [0.25, 0.3) is 0 Å². The molecule has 0 spiro atoms. The number of hydrogen-bond donors (Lipinski definition) is 1. The van der Waals surface area contributed by atoms with Crippen LogP contribution in [0.1, 0.15) is 37.8 Å². The molecule has 0 unspecified atom stereocenters. The summed E-state index contributed by atoms with van der Waals surface area (Å²) in [6.07, 6.45) is 2.70. The molecule has 0 aromatic heterocycles. The monoisotopic (exact) mass is 274 g/mol. The zero-order chi connectivity index (χ0) is 14.0. The molecule has 2 aliphatic rings. The third kappa shape index (κ3) is 4.05. The van der Waals surface area contributed by atoms with Crippen LogP contribution in [0.5, 0.6) is 0 Å². The Bertz CT molecular complexity index is 454. The summed E-state index contributed by atoms with van der Waals surface area (Å²) in [4.78, 5) is 2.50. The smallest absolute Gasteiger partial charge is 0.0753 e. The third-order valence-corrected chi connectivity index (χ3v) is 4.07. The van der Waals surface area contributed by atoms with Gasteiger partial charge in [-0.2, -0.15) is 0 Å². The molecule has 1 saturated heterocycles. The Kier molecular flexibility index (Phi) is 4.11. The first-order valence-corrected chi connectivity index (χ1v) is 7.78. The van der Waals surface area contributed by atoms with E-state index in [4.69, 9.17) is 4.74 Å². The van der Waals surface area contributed by atoms with Gasteiger partial charge >= 0.3 is 0 Å². The van der Waals surface area contributed by atoms with E-state index in [0.29, 0.717) is 0 Å². The van der Waals surface area contributed by atoms with E-state index in [9.17, 15) is 0 Å². The zero-order valence-corrected chi connectivity index (χ0v) is 12.7. The maximum absolute atomic E-state index is 5.78. The second-order valence-electron chi connectivity index (χ2n) is 6.79. The highest BCUT2D eigenvalue weighted by molar-refractivity contribution is 5.23. The number of ether oxygens (including phenoxy) is 1. The average Bonchev–Trinajstić information content (AvgIpc) is 3.19. The first kappa shape index (κ1) is 14.1. The van der Waals surface area contributed by atoms with E-state index < -0.39 is 0 Å². The molecule has 1 heterocycles. The highest BCUT2D eigenvalue weighted by Crippen LogP contribution is 2.20. The average molecular weight is 274 g/mol. The van der Waals surface area contributed by atoms with Crippen LogP contribution in [-0.4, -0.2) is 36.2 Å². The summed E-state index contributed by atoms with van der Waals surface area (Å²) in [5, 5.41) is 3.58. The molecule has 1 aliphatic carbocycles. The highest BCUT2D eigenvalue weighted by Gasteiger charge is 2.27. The number of benzene rings is 1. The van der Waals surface area contributed by atoms with Gasteiger partial charge in [-0.15, -0.1) is 0 Å². The minimum Gasteiger partial charge on any atom is -0.373 e. The third-order valence-electron chi connectivity index (χ3n) is 4.07. The minimum absolute atomic E-state index is 0.0105. The van der Waals surface area contributed by atoms with Gasteiger partial charge in [-0.05, 0) is 37.8 Å². The van der Waals surface area contributed by atoms with Crippen LogP contribution in [0.2, 0.25) is 0 Å². The fourth-order valence-corrected chi connectivity index (χ4v) is 2.90. The normalized spacial score (nSPS) is 22.9. The molecule has 1 aromatic carbocycles. The lowest BCUT2D eigenvalue weighted by atomic mass is 10.1. The van der Waals surface area contributed by atoms with Crippen molar-refractivity contribution in [3.05, 3.63) is 35.4 Å². The number of rotatable bonds is 5. The lowest BCUT2D eigenvalue weighted by molar-refractivity contribution is -0.0882. The van der Waals surface area contributed by atoms with Gasteiger partial charge in [0, 0.05) is 32.2 Å². The number of morpholine rings is 1. The van der Waals surface area contributed by atoms with E-state index in [2.05, 4.69) is 48.3 Å².